The number of aryl methyl sites for hydroxylation is 2. The Morgan fingerprint density at radius 3 is 2.86 bits per heavy atom. The number of fused-ring (bicyclic) bond motifs is 1. The van der Waals surface area contributed by atoms with E-state index >= 15 is 0 Å². The molecule has 6 nitrogen and oxygen atoms in total. The van der Waals surface area contributed by atoms with E-state index in [0.717, 1.165) is 22.5 Å². The minimum atomic E-state index is -0.395. The Bertz CT molecular complexity index is 1250. The van der Waals surface area contributed by atoms with Crippen LogP contribution in [0.25, 0.3) is 22.3 Å². The van der Waals surface area contributed by atoms with Gasteiger partial charge in [0.15, 0.2) is 0 Å². The Hall–Kier alpha value is -3.32. The summed E-state index contributed by atoms with van der Waals surface area (Å²) in [6.45, 7) is 4.76. The maximum atomic E-state index is 12.8. The first-order chi connectivity index (χ1) is 14.1. The molecular formula is C22H20N4O2S. The molecule has 0 fully saturated rings. The second-order valence-corrected chi connectivity index (χ2v) is 7.51. The first-order valence-electron chi connectivity index (χ1n) is 9.33. The number of hydrogen-bond acceptors (Lipinski definition) is 5. The van der Waals surface area contributed by atoms with Crippen molar-refractivity contribution < 1.29 is 4.79 Å². The summed E-state index contributed by atoms with van der Waals surface area (Å²) in [5.74, 6) is -0.395. The average Bonchev–Trinajstić information content (AvgIpc) is 3.27. The van der Waals surface area contributed by atoms with E-state index in [0.29, 0.717) is 24.1 Å². The summed E-state index contributed by atoms with van der Waals surface area (Å²) in [5.41, 5.74) is 4.08. The van der Waals surface area contributed by atoms with Crippen molar-refractivity contribution in [1.82, 2.24) is 19.9 Å². The van der Waals surface area contributed by atoms with E-state index in [1.54, 1.807) is 35.9 Å². The fraction of sp³-hybridized carbons (Fsp3) is 0.182. The lowest BCUT2D eigenvalue weighted by atomic mass is 10.1. The van der Waals surface area contributed by atoms with Crippen LogP contribution in [-0.4, -0.2) is 20.4 Å². The van der Waals surface area contributed by atoms with Crippen molar-refractivity contribution in [3.63, 3.8) is 0 Å². The number of nitrogens with one attached hydrogen (secondary N) is 1. The van der Waals surface area contributed by atoms with E-state index in [4.69, 9.17) is 0 Å². The summed E-state index contributed by atoms with van der Waals surface area (Å²) in [7, 11) is 0. The van der Waals surface area contributed by atoms with Crippen LogP contribution in [0.4, 0.5) is 0 Å². The molecule has 0 aliphatic rings. The van der Waals surface area contributed by atoms with Crippen molar-refractivity contribution in [1.29, 1.82) is 0 Å². The van der Waals surface area contributed by atoms with Gasteiger partial charge in [0.25, 0.3) is 5.91 Å². The standard InChI is InChI=1S/C22H20N4O2S/c1-3-26-12-18(20(27)17-5-4-14(2)25-21(17)26)22(28)24-11-15-6-8-23-19(10-15)16-7-9-29-13-16/h4-10,12-13H,3,11H2,1-2H3,(H,24,28). The van der Waals surface area contributed by atoms with Gasteiger partial charge in [-0.1, -0.05) is 0 Å². The van der Waals surface area contributed by atoms with E-state index in [1.165, 1.54) is 0 Å². The molecule has 0 atom stereocenters. The summed E-state index contributed by atoms with van der Waals surface area (Å²) >= 11 is 1.61. The van der Waals surface area contributed by atoms with E-state index in [-0.39, 0.29) is 11.0 Å². The lowest BCUT2D eigenvalue weighted by Gasteiger charge is -2.12. The highest BCUT2D eigenvalue weighted by atomic mass is 32.1. The molecule has 4 rings (SSSR count). The van der Waals surface area contributed by atoms with Crippen LogP contribution < -0.4 is 10.7 Å². The number of amides is 1. The molecule has 7 heteroatoms. The number of carbonyl (C=O) groups is 1. The highest BCUT2D eigenvalue weighted by Crippen LogP contribution is 2.20. The van der Waals surface area contributed by atoms with Gasteiger partial charge in [-0.3, -0.25) is 14.6 Å². The molecular weight excluding hydrogens is 384 g/mol. The normalized spacial score (nSPS) is 11.0. The Labute approximate surface area is 171 Å². The van der Waals surface area contributed by atoms with Crippen LogP contribution in [0.5, 0.6) is 0 Å². The van der Waals surface area contributed by atoms with E-state index in [1.807, 2.05) is 47.4 Å². The predicted molar refractivity (Wildman–Crippen MR) is 115 cm³/mol. The minimum Gasteiger partial charge on any atom is -0.348 e. The summed E-state index contributed by atoms with van der Waals surface area (Å²) in [6, 6.07) is 9.33. The molecule has 0 saturated heterocycles. The SMILES string of the molecule is CCn1cc(C(=O)NCc2ccnc(-c3ccsc3)c2)c(=O)c2ccc(C)nc21. The lowest BCUT2D eigenvalue weighted by Crippen LogP contribution is -2.29. The molecule has 0 spiro atoms. The zero-order chi connectivity index (χ0) is 20.4. The number of hydrogen-bond donors (Lipinski definition) is 1. The van der Waals surface area contributed by atoms with Gasteiger partial charge in [-0.15, -0.1) is 0 Å². The van der Waals surface area contributed by atoms with E-state index in [9.17, 15) is 9.59 Å². The van der Waals surface area contributed by atoms with E-state index in [2.05, 4.69) is 15.3 Å². The number of carbonyl (C=O) groups excluding carboxylic acids is 1. The van der Waals surface area contributed by atoms with Gasteiger partial charge >= 0.3 is 0 Å². The topological polar surface area (TPSA) is 76.9 Å². The first kappa shape index (κ1) is 19.0. The zero-order valence-corrected chi connectivity index (χ0v) is 17.0. The maximum Gasteiger partial charge on any atom is 0.257 e. The Morgan fingerprint density at radius 2 is 2.10 bits per heavy atom. The molecule has 29 heavy (non-hydrogen) atoms. The third kappa shape index (κ3) is 3.82. The third-order valence-electron chi connectivity index (χ3n) is 4.74. The highest BCUT2D eigenvalue weighted by Gasteiger charge is 2.16. The monoisotopic (exact) mass is 404 g/mol. The van der Waals surface area contributed by atoms with Crippen LogP contribution in [0.3, 0.4) is 0 Å². The van der Waals surface area contributed by atoms with Gasteiger partial charge in [0.05, 0.1) is 11.1 Å². The molecule has 0 aromatic carbocycles. The molecule has 0 saturated carbocycles. The average molecular weight is 404 g/mol. The number of nitrogens with zero attached hydrogens (tertiary/aromatic N) is 3. The first-order valence-corrected chi connectivity index (χ1v) is 10.3. The van der Waals surface area contributed by atoms with Crippen molar-refractivity contribution in [3.05, 3.63) is 80.5 Å². The number of rotatable bonds is 5. The van der Waals surface area contributed by atoms with Crippen LogP contribution in [-0.2, 0) is 13.1 Å². The predicted octanol–water partition coefficient (Wildman–Crippen LogP) is 3.78. The van der Waals surface area contributed by atoms with E-state index < -0.39 is 5.91 Å². The molecule has 4 aromatic rings. The Morgan fingerprint density at radius 1 is 1.24 bits per heavy atom. The largest absolute Gasteiger partial charge is 0.348 e. The summed E-state index contributed by atoms with van der Waals surface area (Å²) in [6.07, 6.45) is 3.32. The van der Waals surface area contributed by atoms with Crippen LogP contribution in [0.2, 0.25) is 0 Å². The van der Waals surface area contributed by atoms with Crippen molar-refractivity contribution in [2.75, 3.05) is 0 Å². The molecule has 4 heterocycles. The summed E-state index contributed by atoms with van der Waals surface area (Å²) in [5, 5.41) is 7.34. The zero-order valence-electron chi connectivity index (χ0n) is 16.2. The summed E-state index contributed by atoms with van der Waals surface area (Å²) in [4.78, 5) is 34.5. The van der Waals surface area contributed by atoms with Crippen LogP contribution >= 0.6 is 11.3 Å². The molecule has 1 amide bonds. The number of thiophene rings is 1. The molecule has 0 radical (unpaired) electrons. The maximum absolute atomic E-state index is 12.8. The quantitative estimate of drug-likeness (QED) is 0.549. The van der Waals surface area contributed by atoms with Crippen molar-refractivity contribution >= 4 is 28.3 Å². The Kier molecular flexibility index (Phi) is 5.22. The van der Waals surface area contributed by atoms with Crippen molar-refractivity contribution in [2.45, 2.75) is 26.9 Å². The Balaban J connectivity index is 1.60. The fourth-order valence-corrected chi connectivity index (χ4v) is 3.84. The van der Waals surface area contributed by atoms with Gasteiger partial charge in [-0.2, -0.15) is 11.3 Å². The van der Waals surface area contributed by atoms with Gasteiger partial charge in [0.2, 0.25) is 5.43 Å². The van der Waals surface area contributed by atoms with Gasteiger partial charge < -0.3 is 9.88 Å². The molecule has 0 unspecified atom stereocenters. The second kappa shape index (κ2) is 7.97. The number of aromatic nitrogens is 3. The van der Waals surface area contributed by atoms with Crippen molar-refractivity contribution in [2.24, 2.45) is 0 Å². The molecule has 4 aromatic heterocycles. The second-order valence-electron chi connectivity index (χ2n) is 6.73. The van der Waals surface area contributed by atoms with Crippen LogP contribution in [0.15, 0.2) is 58.3 Å². The lowest BCUT2D eigenvalue weighted by molar-refractivity contribution is 0.0949. The molecule has 1 N–H and O–H groups in total. The van der Waals surface area contributed by atoms with Crippen LogP contribution in [0.1, 0.15) is 28.5 Å². The highest BCUT2D eigenvalue weighted by molar-refractivity contribution is 7.08. The van der Waals surface area contributed by atoms with Gasteiger partial charge in [0, 0.05) is 42.1 Å². The minimum absolute atomic E-state index is 0.122. The molecule has 146 valence electrons. The van der Waals surface area contributed by atoms with Gasteiger partial charge in [-0.25, -0.2) is 4.98 Å². The van der Waals surface area contributed by atoms with Gasteiger partial charge in [-0.05, 0) is 55.1 Å². The fourth-order valence-electron chi connectivity index (χ4n) is 3.19. The number of pyridine rings is 3. The molecule has 0 aliphatic heterocycles. The smallest absolute Gasteiger partial charge is 0.257 e. The van der Waals surface area contributed by atoms with Crippen LogP contribution in [0, 0.1) is 6.92 Å². The summed E-state index contributed by atoms with van der Waals surface area (Å²) < 4.78 is 1.83. The molecule has 0 bridgehead atoms. The van der Waals surface area contributed by atoms with Gasteiger partial charge in [0.1, 0.15) is 11.2 Å². The third-order valence-corrected chi connectivity index (χ3v) is 5.42. The van der Waals surface area contributed by atoms with Crippen molar-refractivity contribution in [3.8, 4) is 11.3 Å². The molecule has 0 aliphatic carbocycles.